The lowest BCUT2D eigenvalue weighted by Gasteiger charge is -2.45. The van der Waals surface area contributed by atoms with Gasteiger partial charge in [-0.3, -0.25) is 4.99 Å². The summed E-state index contributed by atoms with van der Waals surface area (Å²) in [5, 5.41) is 10.2. The largest absolute Gasteiger partial charge is 0.504 e. The zero-order chi connectivity index (χ0) is 16.5. The molecule has 0 aromatic heterocycles. The third-order valence-corrected chi connectivity index (χ3v) is 5.76. The number of benzene rings is 1. The molecule has 0 unspecified atom stereocenters. The second kappa shape index (κ2) is 5.92. The first kappa shape index (κ1) is 16.8. The van der Waals surface area contributed by atoms with Crippen LogP contribution < -0.4 is 4.74 Å². The van der Waals surface area contributed by atoms with Crippen molar-refractivity contribution >= 4 is 6.21 Å². The highest BCUT2D eigenvalue weighted by Crippen LogP contribution is 2.50. The second-order valence-corrected chi connectivity index (χ2v) is 7.12. The van der Waals surface area contributed by atoms with Crippen molar-refractivity contribution in [3.05, 3.63) is 23.8 Å². The lowest BCUT2D eigenvalue weighted by Crippen LogP contribution is -2.52. The first-order valence-corrected chi connectivity index (χ1v) is 7.80. The second-order valence-electron chi connectivity index (χ2n) is 7.12. The number of rotatable bonds is 4. The standard InChI is InChI=1S/C18H28N2O2/c1-17(2)15(10-11-18(17,3)20(4)5)19-12-13-8-7-9-14(22-6)16(13)21/h7-9,12,15,21H,10-11H2,1-6H3/t15-,18-/m0/s1. The van der Waals surface area contributed by atoms with Crippen molar-refractivity contribution in [2.45, 2.75) is 45.2 Å². The van der Waals surface area contributed by atoms with E-state index in [1.54, 1.807) is 19.4 Å². The Morgan fingerprint density at radius 2 is 2.00 bits per heavy atom. The minimum atomic E-state index is 0.0709. The zero-order valence-corrected chi connectivity index (χ0v) is 14.6. The van der Waals surface area contributed by atoms with Gasteiger partial charge in [-0.25, -0.2) is 0 Å². The number of nitrogens with zero attached hydrogens (tertiary/aromatic N) is 2. The minimum Gasteiger partial charge on any atom is -0.504 e. The molecule has 1 aliphatic rings. The third-order valence-electron chi connectivity index (χ3n) is 5.76. The molecule has 22 heavy (non-hydrogen) atoms. The molecule has 4 heteroatoms. The molecule has 1 N–H and O–H groups in total. The Kier molecular flexibility index (Phi) is 4.52. The van der Waals surface area contributed by atoms with Gasteiger partial charge in [0.25, 0.3) is 0 Å². The molecule has 1 saturated carbocycles. The zero-order valence-electron chi connectivity index (χ0n) is 14.6. The average molecular weight is 304 g/mol. The molecule has 0 radical (unpaired) electrons. The lowest BCUT2D eigenvalue weighted by molar-refractivity contribution is 0.0568. The van der Waals surface area contributed by atoms with Gasteiger partial charge < -0.3 is 14.7 Å². The summed E-state index contributed by atoms with van der Waals surface area (Å²) in [5.74, 6) is 0.632. The van der Waals surface area contributed by atoms with E-state index in [4.69, 9.17) is 9.73 Å². The molecule has 0 spiro atoms. The highest BCUT2D eigenvalue weighted by molar-refractivity contribution is 5.85. The van der Waals surface area contributed by atoms with E-state index in [0.29, 0.717) is 11.3 Å². The topological polar surface area (TPSA) is 45.1 Å². The number of hydrogen-bond donors (Lipinski definition) is 1. The fraction of sp³-hybridized carbons (Fsp3) is 0.611. The molecule has 1 aromatic carbocycles. The number of phenols is 1. The van der Waals surface area contributed by atoms with Gasteiger partial charge in [-0.1, -0.05) is 19.9 Å². The molecule has 1 fully saturated rings. The first-order chi connectivity index (χ1) is 10.2. The van der Waals surface area contributed by atoms with Crippen LogP contribution >= 0.6 is 0 Å². The van der Waals surface area contributed by atoms with Crippen LogP contribution in [0, 0.1) is 5.41 Å². The summed E-state index contributed by atoms with van der Waals surface area (Å²) in [4.78, 5) is 7.10. The van der Waals surface area contributed by atoms with Gasteiger partial charge >= 0.3 is 0 Å². The Hall–Kier alpha value is -1.55. The number of para-hydroxylation sites is 1. The molecule has 0 saturated heterocycles. The van der Waals surface area contributed by atoms with Gasteiger partial charge in [0.2, 0.25) is 0 Å². The third kappa shape index (κ3) is 2.60. The average Bonchev–Trinajstić information content (AvgIpc) is 2.70. The molecule has 0 aliphatic heterocycles. The Morgan fingerprint density at radius 1 is 1.32 bits per heavy atom. The molecule has 0 heterocycles. The molecular formula is C18H28N2O2. The van der Waals surface area contributed by atoms with Crippen LogP contribution in [-0.2, 0) is 0 Å². The SMILES string of the molecule is COc1cccc(C=N[C@H]2CC[C@](C)(N(C)C)C2(C)C)c1O. The first-order valence-electron chi connectivity index (χ1n) is 7.80. The van der Waals surface area contributed by atoms with Crippen molar-refractivity contribution < 1.29 is 9.84 Å². The van der Waals surface area contributed by atoms with Crippen molar-refractivity contribution in [2.24, 2.45) is 10.4 Å². The van der Waals surface area contributed by atoms with Gasteiger partial charge in [-0.15, -0.1) is 0 Å². The van der Waals surface area contributed by atoms with Crippen LogP contribution in [0.3, 0.4) is 0 Å². The molecule has 122 valence electrons. The number of aromatic hydroxyl groups is 1. The van der Waals surface area contributed by atoms with E-state index in [-0.39, 0.29) is 22.7 Å². The van der Waals surface area contributed by atoms with Crippen molar-refractivity contribution in [3.8, 4) is 11.5 Å². The molecule has 0 bridgehead atoms. The number of aliphatic imine (C=N–C) groups is 1. The van der Waals surface area contributed by atoms with Crippen molar-refractivity contribution in [2.75, 3.05) is 21.2 Å². The predicted molar refractivity (Wildman–Crippen MR) is 91.1 cm³/mol. The summed E-state index contributed by atoms with van der Waals surface area (Å²) in [7, 11) is 5.84. The summed E-state index contributed by atoms with van der Waals surface area (Å²) in [6.45, 7) is 6.88. The Balaban J connectivity index is 2.25. The van der Waals surface area contributed by atoms with Crippen LogP contribution in [0.2, 0.25) is 0 Å². The fourth-order valence-electron chi connectivity index (χ4n) is 3.50. The van der Waals surface area contributed by atoms with Gasteiger partial charge in [0.05, 0.1) is 13.2 Å². The molecule has 1 aliphatic carbocycles. The highest BCUT2D eigenvalue weighted by atomic mass is 16.5. The van der Waals surface area contributed by atoms with Crippen molar-refractivity contribution in [3.63, 3.8) is 0 Å². The van der Waals surface area contributed by atoms with Crippen LogP contribution in [-0.4, -0.2) is 49.0 Å². The number of ether oxygens (including phenoxy) is 1. The van der Waals surface area contributed by atoms with E-state index in [2.05, 4.69) is 39.8 Å². The highest BCUT2D eigenvalue weighted by Gasteiger charge is 2.52. The predicted octanol–water partition coefficient (Wildman–Crippen LogP) is 3.33. The van der Waals surface area contributed by atoms with E-state index < -0.39 is 0 Å². The van der Waals surface area contributed by atoms with Gasteiger partial charge in [-0.05, 0) is 46.0 Å². The van der Waals surface area contributed by atoms with E-state index in [1.165, 1.54) is 0 Å². The minimum absolute atomic E-state index is 0.0709. The maximum Gasteiger partial charge on any atom is 0.166 e. The number of methoxy groups -OCH3 is 1. The van der Waals surface area contributed by atoms with Gasteiger partial charge in [0.1, 0.15) is 0 Å². The maximum absolute atomic E-state index is 10.2. The molecule has 0 amide bonds. The Bertz CT molecular complexity index is 566. The maximum atomic E-state index is 10.2. The van der Waals surface area contributed by atoms with Gasteiger partial charge in [-0.2, -0.15) is 0 Å². The van der Waals surface area contributed by atoms with E-state index in [0.717, 1.165) is 12.8 Å². The lowest BCUT2D eigenvalue weighted by atomic mass is 9.73. The van der Waals surface area contributed by atoms with Gasteiger partial charge in [0.15, 0.2) is 11.5 Å². The molecule has 2 atom stereocenters. The summed E-state index contributed by atoms with van der Waals surface area (Å²) in [6.07, 6.45) is 3.97. The number of phenolic OH excluding ortho intramolecular Hbond substituents is 1. The van der Waals surface area contributed by atoms with E-state index in [9.17, 15) is 5.11 Å². The van der Waals surface area contributed by atoms with Crippen molar-refractivity contribution in [1.82, 2.24) is 4.90 Å². The summed E-state index contributed by atoms with van der Waals surface area (Å²) in [5.41, 5.74) is 0.904. The van der Waals surface area contributed by atoms with Gasteiger partial charge in [0, 0.05) is 22.7 Å². The summed E-state index contributed by atoms with van der Waals surface area (Å²) in [6, 6.07) is 5.71. The van der Waals surface area contributed by atoms with E-state index in [1.807, 2.05) is 12.1 Å². The normalized spacial score (nSPS) is 27.7. The van der Waals surface area contributed by atoms with Crippen molar-refractivity contribution in [1.29, 1.82) is 0 Å². The quantitative estimate of drug-likeness (QED) is 0.868. The molecular weight excluding hydrogens is 276 g/mol. The van der Waals surface area contributed by atoms with Crippen LogP contribution in [0.4, 0.5) is 0 Å². The van der Waals surface area contributed by atoms with Crippen LogP contribution in [0.25, 0.3) is 0 Å². The Morgan fingerprint density at radius 3 is 2.55 bits per heavy atom. The molecule has 2 rings (SSSR count). The van der Waals surface area contributed by atoms with E-state index >= 15 is 0 Å². The van der Waals surface area contributed by atoms with Crippen LogP contribution in [0.15, 0.2) is 23.2 Å². The van der Waals surface area contributed by atoms with Crippen LogP contribution in [0.1, 0.15) is 39.2 Å². The molecule has 1 aromatic rings. The monoisotopic (exact) mass is 304 g/mol. The smallest absolute Gasteiger partial charge is 0.166 e. The molecule has 4 nitrogen and oxygen atoms in total. The Labute approximate surface area is 133 Å². The number of hydrogen-bond acceptors (Lipinski definition) is 4. The fourth-order valence-corrected chi connectivity index (χ4v) is 3.50. The summed E-state index contributed by atoms with van der Waals surface area (Å²) >= 11 is 0. The summed E-state index contributed by atoms with van der Waals surface area (Å²) < 4.78 is 5.14. The van der Waals surface area contributed by atoms with Crippen LogP contribution in [0.5, 0.6) is 11.5 Å².